The number of ether oxygens (including phenoxy) is 2. The molecule has 1 aliphatic carbocycles. The quantitative estimate of drug-likeness (QED) is 0.550. The number of hydrogen-bond donors (Lipinski definition) is 0. The molecule has 0 radical (unpaired) electrons. The molecular formula is C26H28N4O4. The lowest BCUT2D eigenvalue weighted by Gasteiger charge is -2.40. The Morgan fingerprint density at radius 1 is 1.03 bits per heavy atom. The van der Waals surface area contributed by atoms with Gasteiger partial charge in [0.15, 0.2) is 11.5 Å². The van der Waals surface area contributed by atoms with Crippen LogP contribution in [-0.4, -0.2) is 41.5 Å². The SMILES string of the molecule is COc1cc(C)ccc1OC(=O)N1C[C@H](C)N(C(C)=O)c2ccc(-c3cnn(C4CC4)c3)cc21. The van der Waals surface area contributed by atoms with Gasteiger partial charge in [-0.3, -0.25) is 14.4 Å². The van der Waals surface area contributed by atoms with E-state index < -0.39 is 6.09 Å². The maximum absolute atomic E-state index is 13.4. The number of anilines is 2. The van der Waals surface area contributed by atoms with Crippen LogP contribution in [0.5, 0.6) is 11.5 Å². The van der Waals surface area contributed by atoms with E-state index in [4.69, 9.17) is 9.47 Å². The Bertz CT molecular complexity index is 1260. The van der Waals surface area contributed by atoms with Gasteiger partial charge in [-0.2, -0.15) is 5.10 Å². The summed E-state index contributed by atoms with van der Waals surface area (Å²) < 4.78 is 13.2. The molecule has 0 spiro atoms. The predicted octanol–water partition coefficient (Wildman–Crippen LogP) is 4.96. The highest BCUT2D eigenvalue weighted by atomic mass is 16.6. The molecule has 1 aromatic heterocycles. The first kappa shape index (κ1) is 22.0. The molecule has 2 amide bonds. The normalized spacial score (nSPS) is 17.4. The van der Waals surface area contributed by atoms with Crippen molar-refractivity contribution in [2.45, 2.75) is 45.7 Å². The second kappa shape index (κ2) is 8.52. The first-order valence-electron chi connectivity index (χ1n) is 11.5. The number of aryl methyl sites for hydroxylation is 1. The van der Waals surface area contributed by atoms with Gasteiger partial charge in [0.05, 0.1) is 36.8 Å². The van der Waals surface area contributed by atoms with Gasteiger partial charge in [-0.1, -0.05) is 12.1 Å². The molecule has 3 aromatic rings. The maximum atomic E-state index is 13.4. The van der Waals surface area contributed by atoms with Gasteiger partial charge in [-0.25, -0.2) is 4.79 Å². The fourth-order valence-corrected chi connectivity index (χ4v) is 4.49. The van der Waals surface area contributed by atoms with Crippen LogP contribution in [0.1, 0.15) is 38.3 Å². The first-order valence-corrected chi connectivity index (χ1v) is 11.5. The van der Waals surface area contributed by atoms with Gasteiger partial charge in [0.25, 0.3) is 0 Å². The summed E-state index contributed by atoms with van der Waals surface area (Å²) in [6.45, 7) is 5.72. The molecule has 5 rings (SSSR count). The Kier molecular flexibility index (Phi) is 5.51. The van der Waals surface area contributed by atoms with Crippen LogP contribution in [0.2, 0.25) is 0 Å². The molecule has 1 atom stereocenters. The Balaban J connectivity index is 1.52. The van der Waals surface area contributed by atoms with E-state index in [0.717, 1.165) is 29.5 Å². The summed E-state index contributed by atoms with van der Waals surface area (Å²) in [5.74, 6) is 0.768. The summed E-state index contributed by atoms with van der Waals surface area (Å²) in [5, 5.41) is 4.49. The van der Waals surface area contributed by atoms with Crippen molar-refractivity contribution in [2.75, 3.05) is 23.5 Å². The van der Waals surface area contributed by atoms with E-state index in [1.54, 1.807) is 29.9 Å². The standard InChI is InChI=1S/C26H28N4O4/c1-16-5-10-24(25(11-16)33-4)34-26(32)28-14-17(2)30(18(3)31)22-9-6-19(12-23(22)28)20-13-27-29(15-20)21-7-8-21/h5-6,9-13,15,17,21H,7-8,14H2,1-4H3/t17-/m0/s1. The van der Waals surface area contributed by atoms with E-state index >= 15 is 0 Å². The number of rotatable bonds is 4. The van der Waals surface area contributed by atoms with Gasteiger partial charge in [0, 0.05) is 25.2 Å². The molecule has 0 saturated heterocycles. The van der Waals surface area contributed by atoms with Crippen LogP contribution in [0.15, 0.2) is 48.8 Å². The minimum absolute atomic E-state index is 0.0729. The molecule has 8 nitrogen and oxygen atoms in total. The summed E-state index contributed by atoms with van der Waals surface area (Å²) in [4.78, 5) is 29.2. The second-order valence-electron chi connectivity index (χ2n) is 9.01. The average Bonchev–Trinajstić information content (AvgIpc) is 3.55. The zero-order valence-electron chi connectivity index (χ0n) is 19.8. The van der Waals surface area contributed by atoms with Gasteiger partial charge in [0.1, 0.15) is 0 Å². The lowest BCUT2D eigenvalue weighted by atomic mass is 10.0. The Labute approximate surface area is 198 Å². The highest BCUT2D eigenvalue weighted by molar-refractivity contribution is 6.03. The Morgan fingerprint density at radius 3 is 2.53 bits per heavy atom. The minimum Gasteiger partial charge on any atom is -0.493 e. The van der Waals surface area contributed by atoms with Crippen molar-refractivity contribution < 1.29 is 19.1 Å². The van der Waals surface area contributed by atoms with E-state index in [9.17, 15) is 9.59 Å². The van der Waals surface area contributed by atoms with Crippen molar-refractivity contribution in [1.29, 1.82) is 0 Å². The summed E-state index contributed by atoms with van der Waals surface area (Å²) >= 11 is 0. The van der Waals surface area contributed by atoms with Crippen molar-refractivity contribution >= 4 is 23.4 Å². The number of fused-ring (bicyclic) bond motifs is 1. The summed E-state index contributed by atoms with van der Waals surface area (Å²) in [5.41, 5.74) is 4.20. The Hall–Kier alpha value is -3.81. The number of amides is 2. The molecule has 176 valence electrons. The third kappa shape index (κ3) is 4.00. The number of carbonyl (C=O) groups excluding carboxylic acids is 2. The number of methoxy groups -OCH3 is 1. The zero-order chi connectivity index (χ0) is 24.0. The average molecular weight is 461 g/mol. The molecular weight excluding hydrogens is 432 g/mol. The van der Waals surface area contributed by atoms with E-state index in [1.165, 1.54) is 0 Å². The van der Waals surface area contributed by atoms with Crippen LogP contribution in [-0.2, 0) is 4.79 Å². The third-order valence-corrected chi connectivity index (χ3v) is 6.35. The molecule has 0 bridgehead atoms. The largest absolute Gasteiger partial charge is 0.493 e. The second-order valence-corrected chi connectivity index (χ2v) is 9.01. The third-order valence-electron chi connectivity index (χ3n) is 6.35. The van der Waals surface area contributed by atoms with Crippen LogP contribution in [0, 0.1) is 6.92 Å². The van der Waals surface area contributed by atoms with Crippen LogP contribution < -0.4 is 19.3 Å². The fraction of sp³-hybridized carbons (Fsp3) is 0.346. The summed E-state index contributed by atoms with van der Waals surface area (Å²) in [6, 6.07) is 11.5. The van der Waals surface area contributed by atoms with Gasteiger partial charge in [-0.05, 0) is 62.1 Å². The molecule has 34 heavy (non-hydrogen) atoms. The lowest BCUT2D eigenvalue weighted by Crippen LogP contribution is -2.52. The molecule has 1 aliphatic heterocycles. The van der Waals surface area contributed by atoms with E-state index in [1.807, 2.05) is 61.3 Å². The Morgan fingerprint density at radius 2 is 1.82 bits per heavy atom. The molecule has 2 aliphatic rings. The molecule has 2 heterocycles. The smallest absolute Gasteiger partial charge is 0.420 e. The number of aromatic nitrogens is 2. The molecule has 8 heteroatoms. The molecule has 0 unspecified atom stereocenters. The highest BCUT2D eigenvalue weighted by Gasteiger charge is 2.35. The topological polar surface area (TPSA) is 76.9 Å². The van der Waals surface area contributed by atoms with Crippen LogP contribution in [0.3, 0.4) is 0 Å². The van der Waals surface area contributed by atoms with Crippen molar-refractivity contribution in [3.05, 3.63) is 54.4 Å². The number of hydrogen-bond acceptors (Lipinski definition) is 5. The monoisotopic (exact) mass is 460 g/mol. The summed E-state index contributed by atoms with van der Waals surface area (Å²) in [6.07, 6.45) is 5.66. The van der Waals surface area contributed by atoms with Crippen molar-refractivity contribution in [3.8, 4) is 22.6 Å². The molecule has 2 aromatic carbocycles. The van der Waals surface area contributed by atoms with Gasteiger partial charge in [-0.15, -0.1) is 0 Å². The number of benzene rings is 2. The van der Waals surface area contributed by atoms with Crippen molar-refractivity contribution in [3.63, 3.8) is 0 Å². The van der Waals surface area contributed by atoms with Crippen LogP contribution in [0.25, 0.3) is 11.1 Å². The van der Waals surface area contributed by atoms with E-state index in [2.05, 4.69) is 5.10 Å². The first-order chi connectivity index (χ1) is 16.4. The zero-order valence-corrected chi connectivity index (χ0v) is 19.8. The predicted molar refractivity (Wildman–Crippen MR) is 130 cm³/mol. The molecule has 1 saturated carbocycles. The van der Waals surface area contributed by atoms with Gasteiger partial charge < -0.3 is 14.4 Å². The fourth-order valence-electron chi connectivity index (χ4n) is 4.49. The van der Waals surface area contributed by atoms with E-state index in [-0.39, 0.29) is 11.9 Å². The minimum atomic E-state index is -0.524. The molecule has 1 fully saturated rings. The number of nitrogens with zero attached hydrogens (tertiary/aromatic N) is 4. The molecule has 0 N–H and O–H groups in total. The van der Waals surface area contributed by atoms with Gasteiger partial charge in [0.2, 0.25) is 5.91 Å². The highest BCUT2D eigenvalue weighted by Crippen LogP contribution is 2.41. The maximum Gasteiger partial charge on any atom is 0.420 e. The van der Waals surface area contributed by atoms with Crippen molar-refractivity contribution in [1.82, 2.24) is 9.78 Å². The summed E-state index contributed by atoms with van der Waals surface area (Å²) in [7, 11) is 1.54. The lowest BCUT2D eigenvalue weighted by molar-refractivity contribution is -0.117. The number of carbonyl (C=O) groups is 2. The van der Waals surface area contributed by atoms with E-state index in [0.29, 0.717) is 35.5 Å². The van der Waals surface area contributed by atoms with Crippen LogP contribution in [0.4, 0.5) is 16.2 Å². The van der Waals surface area contributed by atoms with Crippen molar-refractivity contribution in [2.24, 2.45) is 0 Å². The van der Waals surface area contributed by atoms with Crippen LogP contribution >= 0.6 is 0 Å². The van der Waals surface area contributed by atoms with Gasteiger partial charge >= 0.3 is 6.09 Å².